The van der Waals surface area contributed by atoms with Crippen LogP contribution < -0.4 is 11.1 Å². The summed E-state index contributed by atoms with van der Waals surface area (Å²) in [6, 6.07) is 5.76. The molecule has 1 amide bonds. The molecule has 1 aromatic rings. The number of nitrogens with two attached hydrogens (primary N) is 1. The smallest absolute Gasteiger partial charge is 0.309 e. The number of nitrogens with zero attached hydrogens (tertiary/aromatic N) is 2. The number of halogens is 1. The van der Waals surface area contributed by atoms with Gasteiger partial charge >= 0.3 is 5.97 Å². The highest BCUT2D eigenvalue weighted by atomic mass is 35.5. The largest absolute Gasteiger partial charge is 0.481 e. The summed E-state index contributed by atoms with van der Waals surface area (Å²) < 4.78 is 0. The Labute approximate surface area is 209 Å². The lowest BCUT2D eigenvalue weighted by Gasteiger charge is -2.32. The number of carboxylic acid groups (broad SMARTS) is 1. The number of likely N-dealkylation sites (N-methyl/N-ethyl adjacent to an activating group) is 1. The van der Waals surface area contributed by atoms with Crippen molar-refractivity contribution < 1.29 is 14.7 Å². The molecule has 0 aromatic heterocycles. The van der Waals surface area contributed by atoms with Crippen molar-refractivity contribution in [2.24, 2.45) is 16.6 Å². The van der Waals surface area contributed by atoms with Crippen LogP contribution in [-0.2, 0) is 16.1 Å². The van der Waals surface area contributed by atoms with Gasteiger partial charge in [0, 0.05) is 50.1 Å². The second-order valence-electron chi connectivity index (χ2n) is 10.8. The van der Waals surface area contributed by atoms with Crippen LogP contribution in [0.3, 0.4) is 0 Å². The third-order valence-corrected chi connectivity index (χ3v) is 6.97. The van der Waals surface area contributed by atoms with Gasteiger partial charge in [-0.3, -0.25) is 14.5 Å². The Morgan fingerprint density at radius 2 is 2.03 bits per heavy atom. The van der Waals surface area contributed by atoms with Crippen LogP contribution in [0.5, 0.6) is 0 Å². The van der Waals surface area contributed by atoms with Crippen LogP contribution in [0.25, 0.3) is 0 Å². The predicted octanol–water partition coefficient (Wildman–Crippen LogP) is 4.02. The number of allylic oxidation sites excluding steroid dienone is 1. The second-order valence-corrected chi connectivity index (χ2v) is 11.2. The normalized spacial score (nSPS) is 18.5. The molecule has 0 spiro atoms. The molecule has 34 heavy (non-hydrogen) atoms. The second kappa shape index (κ2) is 11.5. The number of carbonyl (C=O) groups excluding carboxylic acids is 1. The van der Waals surface area contributed by atoms with Gasteiger partial charge in [-0.05, 0) is 62.1 Å². The molecule has 0 radical (unpaired) electrons. The fraction of sp³-hybridized carbons (Fsp3) is 0.615. The molecule has 0 saturated carbocycles. The number of benzene rings is 1. The number of hydrogen-bond donors (Lipinski definition) is 3. The summed E-state index contributed by atoms with van der Waals surface area (Å²) in [5.41, 5.74) is 7.60. The van der Waals surface area contributed by atoms with Gasteiger partial charge in [-0.15, -0.1) is 0 Å². The molecule has 8 heteroatoms. The minimum atomic E-state index is -0.993. The van der Waals surface area contributed by atoms with Crippen molar-refractivity contribution in [3.05, 3.63) is 46.2 Å². The lowest BCUT2D eigenvalue weighted by Crippen LogP contribution is -2.35. The van der Waals surface area contributed by atoms with E-state index in [0.29, 0.717) is 43.2 Å². The lowest BCUT2D eigenvalue weighted by atomic mass is 9.72. The molecular weight excluding hydrogens is 452 g/mol. The van der Waals surface area contributed by atoms with Crippen molar-refractivity contribution in [2.75, 3.05) is 33.2 Å². The first-order valence-electron chi connectivity index (χ1n) is 11.9. The van der Waals surface area contributed by atoms with Crippen LogP contribution >= 0.6 is 11.6 Å². The van der Waals surface area contributed by atoms with Gasteiger partial charge in [-0.1, -0.05) is 37.6 Å². The van der Waals surface area contributed by atoms with E-state index in [1.165, 1.54) is 0 Å². The van der Waals surface area contributed by atoms with Crippen LogP contribution in [0.1, 0.15) is 64.5 Å². The zero-order valence-corrected chi connectivity index (χ0v) is 22.2. The third-order valence-electron chi connectivity index (χ3n) is 6.60. The van der Waals surface area contributed by atoms with Crippen molar-refractivity contribution in [1.29, 1.82) is 0 Å². The lowest BCUT2D eigenvalue weighted by molar-refractivity contribution is -0.148. The van der Waals surface area contributed by atoms with Crippen LogP contribution in [0.4, 0.5) is 0 Å². The first-order chi connectivity index (χ1) is 15.8. The molecule has 1 aliphatic rings. The Kier molecular flexibility index (Phi) is 9.43. The van der Waals surface area contributed by atoms with Crippen LogP contribution in [0.15, 0.2) is 30.1 Å². The molecule has 190 valence electrons. The molecule has 7 nitrogen and oxygen atoms in total. The predicted molar refractivity (Wildman–Crippen MR) is 137 cm³/mol. The summed E-state index contributed by atoms with van der Waals surface area (Å²) in [4.78, 5) is 28.6. The van der Waals surface area contributed by atoms with E-state index in [1.54, 1.807) is 24.9 Å². The van der Waals surface area contributed by atoms with Gasteiger partial charge in [0.05, 0.1) is 12.0 Å². The molecule has 1 aliphatic heterocycles. The number of carboxylic acids is 1. The standard InChI is InChI=1S/C26H41ClN4O3/c1-7-29-13-20(28)9-10-21(26(4,5)24(33)34)18-8-11-22(27)19(12-18)14-31-15-23(32)30(6)16-25(2,3)17-31/h8,11-13,21,29H,7,9-10,14-17,28H2,1-6H3,(H,33,34)/b20-13-. The summed E-state index contributed by atoms with van der Waals surface area (Å²) in [6.07, 6.45) is 2.95. The minimum absolute atomic E-state index is 0.0464. The van der Waals surface area contributed by atoms with Gasteiger partial charge in [0.25, 0.3) is 0 Å². The highest BCUT2D eigenvalue weighted by Crippen LogP contribution is 2.41. The molecule has 1 atom stereocenters. The first kappa shape index (κ1) is 28.0. The maximum atomic E-state index is 12.6. The molecule has 2 rings (SSSR count). The summed E-state index contributed by atoms with van der Waals surface area (Å²) in [6.45, 7) is 12.9. The molecule has 1 fully saturated rings. The highest BCUT2D eigenvalue weighted by molar-refractivity contribution is 6.31. The van der Waals surface area contributed by atoms with Crippen molar-refractivity contribution in [2.45, 2.75) is 59.9 Å². The summed E-state index contributed by atoms with van der Waals surface area (Å²) in [5, 5.41) is 13.7. The molecule has 1 unspecified atom stereocenters. The van der Waals surface area contributed by atoms with Gasteiger partial charge < -0.3 is 21.1 Å². The number of hydrogen-bond acceptors (Lipinski definition) is 5. The molecular formula is C26H41ClN4O3. The average Bonchev–Trinajstić information content (AvgIpc) is 2.82. The Morgan fingerprint density at radius 3 is 2.65 bits per heavy atom. The van der Waals surface area contributed by atoms with E-state index in [1.807, 2.05) is 32.2 Å². The monoisotopic (exact) mass is 492 g/mol. The van der Waals surface area contributed by atoms with E-state index in [0.717, 1.165) is 24.2 Å². The number of carbonyl (C=O) groups is 2. The third kappa shape index (κ3) is 7.37. The van der Waals surface area contributed by atoms with E-state index in [4.69, 9.17) is 17.3 Å². The summed E-state index contributed by atoms with van der Waals surface area (Å²) in [5.74, 6) is -1.03. The van der Waals surface area contributed by atoms with Crippen molar-refractivity contribution in [1.82, 2.24) is 15.1 Å². The van der Waals surface area contributed by atoms with Crippen molar-refractivity contribution in [3.63, 3.8) is 0 Å². The van der Waals surface area contributed by atoms with E-state index in [2.05, 4.69) is 24.1 Å². The molecule has 1 heterocycles. The maximum absolute atomic E-state index is 12.6. The molecule has 1 aromatic carbocycles. The molecule has 0 aliphatic carbocycles. The van der Waals surface area contributed by atoms with E-state index < -0.39 is 11.4 Å². The highest BCUT2D eigenvalue weighted by Gasteiger charge is 2.38. The Bertz CT molecular complexity index is 913. The SMILES string of the molecule is CCN/C=C(\N)CCC(c1ccc(Cl)c(CN2CC(=O)N(C)CC(C)(C)C2)c1)C(C)(C)C(=O)O. The molecule has 4 N–H and O–H groups in total. The van der Waals surface area contributed by atoms with Gasteiger partial charge in [-0.2, -0.15) is 0 Å². The average molecular weight is 493 g/mol. The minimum Gasteiger partial charge on any atom is -0.481 e. The fourth-order valence-electron chi connectivity index (χ4n) is 4.75. The topological polar surface area (TPSA) is 98.9 Å². The zero-order chi connectivity index (χ0) is 25.7. The fourth-order valence-corrected chi connectivity index (χ4v) is 4.93. The van der Waals surface area contributed by atoms with Gasteiger partial charge in [0.15, 0.2) is 0 Å². The van der Waals surface area contributed by atoms with E-state index in [-0.39, 0.29) is 17.2 Å². The van der Waals surface area contributed by atoms with Gasteiger partial charge in [-0.25, -0.2) is 0 Å². The molecule has 0 bridgehead atoms. The van der Waals surface area contributed by atoms with Crippen LogP contribution in [0, 0.1) is 10.8 Å². The Balaban J connectivity index is 2.35. The number of rotatable bonds is 10. The maximum Gasteiger partial charge on any atom is 0.309 e. The first-order valence-corrected chi connectivity index (χ1v) is 12.3. The molecule has 1 saturated heterocycles. The summed E-state index contributed by atoms with van der Waals surface area (Å²) in [7, 11) is 1.84. The van der Waals surface area contributed by atoms with Crippen LogP contribution in [0.2, 0.25) is 5.02 Å². The number of aliphatic carboxylic acids is 1. The zero-order valence-electron chi connectivity index (χ0n) is 21.4. The van der Waals surface area contributed by atoms with E-state index in [9.17, 15) is 14.7 Å². The number of nitrogens with one attached hydrogen (secondary N) is 1. The number of amides is 1. The van der Waals surface area contributed by atoms with Gasteiger partial charge in [0.2, 0.25) is 5.91 Å². The quantitative estimate of drug-likeness (QED) is 0.456. The Morgan fingerprint density at radius 1 is 1.35 bits per heavy atom. The Hall–Kier alpha value is -2.25. The van der Waals surface area contributed by atoms with Crippen molar-refractivity contribution in [3.8, 4) is 0 Å². The van der Waals surface area contributed by atoms with Crippen molar-refractivity contribution >= 4 is 23.5 Å². The van der Waals surface area contributed by atoms with Crippen LogP contribution in [-0.4, -0.2) is 60.0 Å². The van der Waals surface area contributed by atoms with Gasteiger partial charge in [0.1, 0.15) is 0 Å². The summed E-state index contributed by atoms with van der Waals surface area (Å²) >= 11 is 6.58. The van der Waals surface area contributed by atoms with E-state index >= 15 is 0 Å².